The zero-order chi connectivity index (χ0) is 10.4. The molecule has 2 heteroatoms. The summed E-state index contributed by atoms with van der Waals surface area (Å²) in [5.41, 5.74) is 0. The minimum atomic E-state index is 0.353. The van der Waals surface area contributed by atoms with Crippen molar-refractivity contribution >= 4 is 6.92 Å². The minimum Gasteiger partial charge on any atom is -0.563 e. The maximum atomic E-state index is 5.93. The molecule has 1 nitrogen and oxygen atoms in total. The summed E-state index contributed by atoms with van der Waals surface area (Å²) in [5.74, 6) is 2.29. The van der Waals surface area contributed by atoms with Gasteiger partial charge in [0.05, 0.1) is 5.76 Å². The normalized spacial score (nSPS) is 12.5. The summed E-state index contributed by atoms with van der Waals surface area (Å²) < 4.78 is 5.93. The summed E-state index contributed by atoms with van der Waals surface area (Å²) in [5, 5.41) is 0. The van der Waals surface area contributed by atoms with Crippen molar-refractivity contribution in [2.45, 2.75) is 59.6 Å². The summed E-state index contributed by atoms with van der Waals surface area (Å²) in [6.07, 6.45) is 3.06. The molecular formula is C11H23BO. The van der Waals surface area contributed by atoms with E-state index in [2.05, 4.69) is 40.7 Å². The highest BCUT2D eigenvalue weighted by atomic mass is 16.4. The summed E-state index contributed by atoms with van der Waals surface area (Å²) in [7, 11) is 0. The van der Waals surface area contributed by atoms with Gasteiger partial charge in [0.15, 0.2) is 0 Å². The van der Waals surface area contributed by atoms with Crippen molar-refractivity contribution in [3.8, 4) is 0 Å². The molecule has 0 N–H and O–H groups in total. The van der Waals surface area contributed by atoms with Crippen LogP contribution in [0.25, 0.3) is 0 Å². The van der Waals surface area contributed by atoms with Crippen LogP contribution in [0.2, 0.25) is 11.6 Å². The lowest BCUT2D eigenvalue weighted by molar-refractivity contribution is 0.396. The molecule has 0 spiro atoms. The van der Waals surface area contributed by atoms with Gasteiger partial charge in [-0.3, -0.25) is 0 Å². The predicted molar refractivity (Wildman–Crippen MR) is 61.1 cm³/mol. The van der Waals surface area contributed by atoms with Gasteiger partial charge in [0.25, 0.3) is 0 Å². The van der Waals surface area contributed by atoms with Gasteiger partial charge in [-0.05, 0) is 25.0 Å². The standard InChI is InChI=1S/C11H23BO/c1-7-11(8-2)13-12(9(3)4)10(5)6/h7,9-10H,8H2,1-6H3/b11-7+. The molecule has 76 valence electrons. The van der Waals surface area contributed by atoms with E-state index in [4.69, 9.17) is 4.65 Å². The highest BCUT2D eigenvalue weighted by Crippen LogP contribution is 2.23. The van der Waals surface area contributed by atoms with Crippen LogP contribution in [0.3, 0.4) is 0 Å². The molecule has 0 aliphatic rings. The number of rotatable bonds is 5. The molecular weight excluding hydrogens is 159 g/mol. The first-order valence-electron chi connectivity index (χ1n) is 5.34. The highest BCUT2D eigenvalue weighted by Gasteiger charge is 2.26. The van der Waals surface area contributed by atoms with Gasteiger partial charge < -0.3 is 4.65 Å². The average Bonchev–Trinajstić information content (AvgIpc) is 2.05. The van der Waals surface area contributed by atoms with Crippen LogP contribution >= 0.6 is 0 Å². The van der Waals surface area contributed by atoms with Crippen LogP contribution in [0.15, 0.2) is 11.8 Å². The number of allylic oxidation sites excluding steroid dienone is 2. The van der Waals surface area contributed by atoms with E-state index in [1.54, 1.807) is 0 Å². The molecule has 0 heterocycles. The number of hydrogen-bond donors (Lipinski definition) is 0. The minimum absolute atomic E-state index is 0.353. The average molecular weight is 182 g/mol. The monoisotopic (exact) mass is 182 g/mol. The lowest BCUT2D eigenvalue weighted by Gasteiger charge is -2.23. The van der Waals surface area contributed by atoms with Crippen LogP contribution in [0.5, 0.6) is 0 Å². The van der Waals surface area contributed by atoms with Crippen LogP contribution < -0.4 is 0 Å². The fraction of sp³-hybridized carbons (Fsp3) is 0.818. The van der Waals surface area contributed by atoms with Crippen molar-refractivity contribution in [3.63, 3.8) is 0 Å². The highest BCUT2D eigenvalue weighted by molar-refractivity contribution is 6.55. The molecule has 0 saturated carbocycles. The SMILES string of the molecule is C/C=C(\CC)OB(C(C)C)C(C)C. The van der Waals surface area contributed by atoms with Gasteiger partial charge in [0.2, 0.25) is 0 Å². The van der Waals surface area contributed by atoms with E-state index in [1.165, 1.54) is 0 Å². The topological polar surface area (TPSA) is 9.23 Å². The molecule has 0 aromatic heterocycles. The maximum absolute atomic E-state index is 5.93. The molecule has 0 aliphatic heterocycles. The maximum Gasteiger partial charge on any atom is 0.362 e. The molecule has 0 unspecified atom stereocenters. The van der Waals surface area contributed by atoms with Crippen LogP contribution in [0, 0.1) is 0 Å². The molecule has 0 aromatic rings. The van der Waals surface area contributed by atoms with Gasteiger partial charge in [-0.1, -0.05) is 40.7 Å². The Morgan fingerprint density at radius 3 is 1.92 bits per heavy atom. The summed E-state index contributed by atoms with van der Waals surface area (Å²) >= 11 is 0. The second-order valence-electron chi connectivity index (χ2n) is 4.18. The van der Waals surface area contributed by atoms with Gasteiger partial charge in [0.1, 0.15) is 0 Å². The quantitative estimate of drug-likeness (QED) is 0.458. The summed E-state index contributed by atoms with van der Waals surface area (Å²) in [4.78, 5) is 0. The molecule has 0 amide bonds. The Balaban J connectivity index is 4.25. The van der Waals surface area contributed by atoms with E-state index < -0.39 is 0 Å². The fourth-order valence-electron chi connectivity index (χ4n) is 1.57. The molecule has 0 saturated heterocycles. The van der Waals surface area contributed by atoms with Crippen molar-refractivity contribution in [2.75, 3.05) is 0 Å². The van der Waals surface area contributed by atoms with Gasteiger partial charge in [0, 0.05) is 0 Å². The van der Waals surface area contributed by atoms with Gasteiger partial charge in [-0.15, -0.1) is 0 Å². The number of hydrogen-bond acceptors (Lipinski definition) is 1. The van der Waals surface area contributed by atoms with Crippen molar-refractivity contribution in [2.24, 2.45) is 0 Å². The Morgan fingerprint density at radius 2 is 1.69 bits per heavy atom. The Morgan fingerprint density at radius 1 is 1.23 bits per heavy atom. The smallest absolute Gasteiger partial charge is 0.362 e. The van der Waals surface area contributed by atoms with E-state index in [1.807, 2.05) is 6.92 Å². The van der Waals surface area contributed by atoms with Crippen molar-refractivity contribution in [3.05, 3.63) is 11.8 Å². The Bertz CT molecular complexity index is 153. The van der Waals surface area contributed by atoms with Gasteiger partial charge >= 0.3 is 6.92 Å². The third-order valence-corrected chi connectivity index (χ3v) is 2.27. The molecule has 0 radical (unpaired) electrons. The lowest BCUT2D eigenvalue weighted by atomic mass is 9.49. The van der Waals surface area contributed by atoms with Crippen LogP contribution in [0.1, 0.15) is 48.0 Å². The second kappa shape index (κ2) is 6.12. The largest absolute Gasteiger partial charge is 0.563 e. The van der Waals surface area contributed by atoms with Crippen LogP contribution in [-0.2, 0) is 4.65 Å². The van der Waals surface area contributed by atoms with Crippen LogP contribution in [0.4, 0.5) is 0 Å². The zero-order valence-electron chi connectivity index (χ0n) is 9.92. The zero-order valence-corrected chi connectivity index (χ0v) is 9.92. The molecule has 0 bridgehead atoms. The first-order valence-corrected chi connectivity index (χ1v) is 5.34. The van der Waals surface area contributed by atoms with E-state index in [0.29, 0.717) is 18.6 Å². The van der Waals surface area contributed by atoms with Crippen molar-refractivity contribution < 1.29 is 4.65 Å². The Labute approximate surface area is 83.7 Å². The van der Waals surface area contributed by atoms with Gasteiger partial charge in [-0.25, -0.2) is 0 Å². The second-order valence-corrected chi connectivity index (χ2v) is 4.18. The predicted octanol–water partition coefficient (Wildman–Crippen LogP) is 4.13. The molecule has 0 fully saturated rings. The third-order valence-electron chi connectivity index (χ3n) is 2.27. The van der Waals surface area contributed by atoms with Crippen LogP contribution in [-0.4, -0.2) is 6.92 Å². The lowest BCUT2D eigenvalue weighted by Crippen LogP contribution is -2.25. The Hall–Kier alpha value is -0.395. The first kappa shape index (κ1) is 12.6. The summed E-state index contributed by atoms with van der Waals surface area (Å²) in [6.45, 7) is 13.4. The van der Waals surface area contributed by atoms with Crippen molar-refractivity contribution in [1.29, 1.82) is 0 Å². The first-order chi connectivity index (χ1) is 6.02. The molecule has 0 atom stereocenters. The summed E-state index contributed by atoms with van der Waals surface area (Å²) in [6, 6.07) is 0. The van der Waals surface area contributed by atoms with E-state index in [0.717, 1.165) is 12.2 Å². The van der Waals surface area contributed by atoms with E-state index >= 15 is 0 Å². The molecule has 0 rings (SSSR count). The van der Waals surface area contributed by atoms with E-state index in [9.17, 15) is 0 Å². The van der Waals surface area contributed by atoms with Gasteiger partial charge in [-0.2, -0.15) is 0 Å². The molecule has 13 heavy (non-hydrogen) atoms. The molecule has 0 aromatic carbocycles. The van der Waals surface area contributed by atoms with Crippen molar-refractivity contribution in [1.82, 2.24) is 0 Å². The fourth-order valence-corrected chi connectivity index (χ4v) is 1.57. The Kier molecular flexibility index (Phi) is 5.93. The molecule has 0 aliphatic carbocycles. The third kappa shape index (κ3) is 4.40. The van der Waals surface area contributed by atoms with E-state index in [-0.39, 0.29) is 0 Å².